The largest absolute Gasteiger partial charge is 0.377 e. The molecule has 13 heavy (non-hydrogen) atoms. The van der Waals surface area contributed by atoms with Crippen LogP contribution in [-0.2, 0) is 11.3 Å². The smallest absolute Gasteiger partial charge is 0.0800 e. The first-order valence-electron chi connectivity index (χ1n) is 4.64. The van der Waals surface area contributed by atoms with Crippen molar-refractivity contribution in [3.05, 3.63) is 23.5 Å². The van der Waals surface area contributed by atoms with Crippen LogP contribution in [0.15, 0.2) is 12.1 Å². The Hall–Kier alpha value is -0.760. The maximum Gasteiger partial charge on any atom is 0.0800 e. The summed E-state index contributed by atoms with van der Waals surface area (Å²) in [4.78, 5) is 0. The van der Waals surface area contributed by atoms with Gasteiger partial charge < -0.3 is 9.30 Å². The van der Waals surface area contributed by atoms with Crippen LogP contribution in [0, 0.1) is 13.8 Å². The van der Waals surface area contributed by atoms with Gasteiger partial charge in [0.25, 0.3) is 0 Å². The maximum absolute atomic E-state index is 5.40. The number of aryl methyl sites for hydroxylation is 2. The average Bonchev–Trinajstić information content (AvgIpc) is 2.36. The lowest BCUT2D eigenvalue weighted by molar-refractivity contribution is 0.00742. The molecule has 0 amide bonds. The number of hydrogen-bond donors (Lipinski definition) is 0. The molecule has 1 rings (SSSR count). The van der Waals surface area contributed by atoms with E-state index < -0.39 is 0 Å². The van der Waals surface area contributed by atoms with Gasteiger partial charge in [-0.25, -0.2) is 0 Å². The molecule has 2 heteroatoms. The lowest BCUT2D eigenvalue weighted by Crippen LogP contribution is -2.29. The Bertz CT molecular complexity index is 267. The fourth-order valence-corrected chi connectivity index (χ4v) is 1.39. The molecule has 0 N–H and O–H groups in total. The van der Waals surface area contributed by atoms with Crippen molar-refractivity contribution >= 4 is 0 Å². The number of nitrogens with zero attached hydrogens (tertiary/aromatic N) is 1. The van der Waals surface area contributed by atoms with Gasteiger partial charge in [-0.15, -0.1) is 0 Å². The van der Waals surface area contributed by atoms with Gasteiger partial charge in [-0.1, -0.05) is 0 Å². The highest BCUT2D eigenvalue weighted by molar-refractivity contribution is 5.14. The van der Waals surface area contributed by atoms with Gasteiger partial charge in [-0.05, 0) is 39.8 Å². The Kier molecular flexibility index (Phi) is 2.81. The molecule has 0 unspecified atom stereocenters. The van der Waals surface area contributed by atoms with Crippen molar-refractivity contribution in [2.24, 2.45) is 0 Å². The molecule has 0 aliphatic heterocycles. The van der Waals surface area contributed by atoms with Gasteiger partial charge in [0.15, 0.2) is 0 Å². The molecular formula is C11H19NO. The summed E-state index contributed by atoms with van der Waals surface area (Å²) in [5, 5.41) is 0. The van der Waals surface area contributed by atoms with Crippen molar-refractivity contribution in [2.75, 3.05) is 7.11 Å². The van der Waals surface area contributed by atoms with Crippen molar-refractivity contribution in [1.82, 2.24) is 4.57 Å². The summed E-state index contributed by atoms with van der Waals surface area (Å²) >= 11 is 0. The lowest BCUT2D eigenvalue weighted by Gasteiger charge is -2.25. The van der Waals surface area contributed by atoms with E-state index in [0.717, 1.165) is 6.54 Å². The third kappa shape index (κ3) is 2.34. The topological polar surface area (TPSA) is 14.2 Å². The fourth-order valence-electron chi connectivity index (χ4n) is 1.39. The van der Waals surface area contributed by atoms with Crippen LogP contribution in [0.3, 0.4) is 0 Å². The molecule has 0 radical (unpaired) electrons. The molecule has 0 saturated heterocycles. The van der Waals surface area contributed by atoms with Crippen LogP contribution in [0.4, 0.5) is 0 Å². The van der Waals surface area contributed by atoms with Crippen molar-refractivity contribution in [3.63, 3.8) is 0 Å². The van der Waals surface area contributed by atoms with Crippen LogP contribution >= 0.6 is 0 Å². The zero-order valence-corrected chi connectivity index (χ0v) is 9.22. The molecule has 0 bridgehead atoms. The van der Waals surface area contributed by atoms with Crippen molar-refractivity contribution in [2.45, 2.75) is 39.8 Å². The van der Waals surface area contributed by atoms with Gasteiger partial charge in [0.2, 0.25) is 0 Å². The number of ether oxygens (including phenoxy) is 1. The predicted octanol–water partition coefficient (Wildman–Crippen LogP) is 2.53. The van der Waals surface area contributed by atoms with E-state index in [-0.39, 0.29) is 5.60 Å². The molecule has 0 fully saturated rings. The zero-order chi connectivity index (χ0) is 10.1. The van der Waals surface area contributed by atoms with Gasteiger partial charge in [0, 0.05) is 18.5 Å². The highest BCUT2D eigenvalue weighted by Crippen LogP contribution is 2.15. The first kappa shape index (κ1) is 10.3. The molecule has 0 aliphatic carbocycles. The summed E-state index contributed by atoms with van der Waals surface area (Å²) in [5.74, 6) is 0. The summed E-state index contributed by atoms with van der Waals surface area (Å²) in [5.41, 5.74) is 2.50. The van der Waals surface area contributed by atoms with Gasteiger partial charge >= 0.3 is 0 Å². The van der Waals surface area contributed by atoms with E-state index in [1.54, 1.807) is 7.11 Å². The second-order valence-corrected chi connectivity index (χ2v) is 4.17. The third-order valence-electron chi connectivity index (χ3n) is 2.51. The Morgan fingerprint density at radius 1 is 1.23 bits per heavy atom. The molecule has 0 aliphatic rings. The second kappa shape index (κ2) is 3.54. The Labute approximate surface area is 80.5 Å². The molecule has 74 valence electrons. The molecule has 0 saturated carbocycles. The quantitative estimate of drug-likeness (QED) is 0.699. The van der Waals surface area contributed by atoms with E-state index in [4.69, 9.17) is 4.74 Å². The molecule has 2 nitrogen and oxygen atoms in total. The summed E-state index contributed by atoms with van der Waals surface area (Å²) in [6.45, 7) is 9.36. The monoisotopic (exact) mass is 181 g/mol. The van der Waals surface area contributed by atoms with Crippen LogP contribution < -0.4 is 0 Å². The van der Waals surface area contributed by atoms with Crippen LogP contribution in [0.25, 0.3) is 0 Å². The fraction of sp³-hybridized carbons (Fsp3) is 0.636. The van der Waals surface area contributed by atoms with Gasteiger partial charge in [-0.2, -0.15) is 0 Å². The van der Waals surface area contributed by atoms with E-state index in [0.29, 0.717) is 0 Å². The highest BCUT2D eigenvalue weighted by Gasteiger charge is 2.18. The van der Waals surface area contributed by atoms with Gasteiger partial charge in [0.05, 0.1) is 12.1 Å². The first-order chi connectivity index (χ1) is 5.96. The normalized spacial score (nSPS) is 12.1. The van der Waals surface area contributed by atoms with Crippen molar-refractivity contribution in [1.29, 1.82) is 0 Å². The van der Waals surface area contributed by atoms with E-state index in [9.17, 15) is 0 Å². The summed E-state index contributed by atoms with van der Waals surface area (Å²) in [6.07, 6.45) is 0. The minimum absolute atomic E-state index is 0.0888. The summed E-state index contributed by atoms with van der Waals surface area (Å²) < 4.78 is 7.68. The van der Waals surface area contributed by atoms with Gasteiger partial charge in [0.1, 0.15) is 0 Å². The Morgan fingerprint density at radius 3 is 2.08 bits per heavy atom. The number of aromatic nitrogens is 1. The number of hydrogen-bond acceptors (Lipinski definition) is 1. The van der Waals surface area contributed by atoms with Crippen molar-refractivity contribution < 1.29 is 4.74 Å². The molecular weight excluding hydrogens is 162 g/mol. The summed E-state index contributed by atoms with van der Waals surface area (Å²) in [7, 11) is 1.76. The first-order valence-corrected chi connectivity index (χ1v) is 4.64. The zero-order valence-electron chi connectivity index (χ0n) is 9.22. The molecule has 0 spiro atoms. The van der Waals surface area contributed by atoms with Crippen LogP contribution in [0.1, 0.15) is 25.2 Å². The highest BCUT2D eigenvalue weighted by atomic mass is 16.5. The molecule has 0 aromatic carbocycles. The minimum Gasteiger partial charge on any atom is -0.377 e. The minimum atomic E-state index is -0.0888. The van der Waals surface area contributed by atoms with E-state index in [2.05, 4.69) is 44.4 Å². The van der Waals surface area contributed by atoms with Crippen LogP contribution in [0.2, 0.25) is 0 Å². The lowest BCUT2D eigenvalue weighted by atomic mass is 10.1. The third-order valence-corrected chi connectivity index (χ3v) is 2.51. The van der Waals surface area contributed by atoms with Crippen molar-refractivity contribution in [3.8, 4) is 0 Å². The Morgan fingerprint density at radius 2 is 1.69 bits per heavy atom. The molecule has 1 aromatic rings. The van der Waals surface area contributed by atoms with E-state index >= 15 is 0 Å². The predicted molar refractivity (Wildman–Crippen MR) is 55.0 cm³/mol. The van der Waals surface area contributed by atoms with Crippen LogP contribution in [-0.4, -0.2) is 17.3 Å². The molecule has 1 aromatic heterocycles. The molecule has 0 atom stereocenters. The maximum atomic E-state index is 5.40. The molecule has 1 heterocycles. The number of methoxy groups -OCH3 is 1. The average molecular weight is 181 g/mol. The standard InChI is InChI=1S/C11H19NO/c1-9-6-7-10(2)12(9)8-11(3,4)13-5/h6-7H,8H2,1-5H3. The Balaban J connectivity index is 2.85. The SMILES string of the molecule is COC(C)(C)Cn1c(C)ccc1C. The van der Waals surface area contributed by atoms with E-state index in [1.165, 1.54) is 11.4 Å². The van der Waals surface area contributed by atoms with Crippen LogP contribution in [0.5, 0.6) is 0 Å². The summed E-state index contributed by atoms with van der Waals surface area (Å²) in [6, 6.07) is 4.28. The van der Waals surface area contributed by atoms with Gasteiger partial charge in [-0.3, -0.25) is 0 Å². The second-order valence-electron chi connectivity index (χ2n) is 4.17. The van der Waals surface area contributed by atoms with E-state index in [1.807, 2.05) is 0 Å². The number of rotatable bonds is 3.